The van der Waals surface area contributed by atoms with Crippen LogP contribution in [0, 0.1) is 0 Å². The smallest absolute Gasteiger partial charge is 0.147 e. The fourth-order valence-corrected chi connectivity index (χ4v) is 2.70. The third-order valence-electron chi connectivity index (χ3n) is 2.58. The minimum absolute atomic E-state index is 0.260. The Morgan fingerprint density at radius 1 is 1.53 bits per heavy atom. The van der Waals surface area contributed by atoms with E-state index in [1.54, 1.807) is 18.9 Å². The molecule has 94 valence electrons. The number of nitrogens with two attached hydrogens (primary N) is 1. The van der Waals surface area contributed by atoms with Crippen molar-refractivity contribution < 1.29 is 14.2 Å². The summed E-state index contributed by atoms with van der Waals surface area (Å²) in [5.74, 6) is 1.73. The van der Waals surface area contributed by atoms with E-state index in [0.717, 1.165) is 29.4 Å². The first kappa shape index (κ1) is 12.5. The molecule has 1 heterocycles. The highest BCUT2D eigenvalue weighted by Gasteiger charge is 2.15. The van der Waals surface area contributed by atoms with Crippen LogP contribution >= 0.6 is 11.8 Å². The number of methoxy groups -OCH3 is 1. The van der Waals surface area contributed by atoms with Gasteiger partial charge in [0, 0.05) is 22.4 Å². The summed E-state index contributed by atoms with van der Waals surface area (Å²) < 4.78 is 15.9. The molecule has 4 nitrogen and oxygen atoms in total. The van der Waals surface area contributed by atoms with Crippen LogP contribution in [-0.2, 0) is 9.47 Å². The van der Waals surface area contributed by atoms with E-state index in [4.69, 9.17) is 19.9 Å². The number of ether oxygens (including phenoxy) is 3. The van der Waals surface area contributed by atoms with Gasteiger partial charge < -0.3 is 19.9 Å². The molecule has 2 rings (SSSR count). The zero-order chi connectivity index (χ0) is 12.1. The highest BCUT2D eigenvalue weighted by atomic mass is 32.2. The summed E-state index contributed by atoms with van der Waals surface area (Å²) in [7, 11) is 1.66. The van der Waals surface area contributed by atoms with E-state index in [9.17, 15) is 0 Å². The number of anilines is 1. The summed E-state index contributed by atoms with van der Waals surface area (Å²) in [6.45, 7) is 1.19. The van der Waals surface area contributed by atoms with Crippen LogP contribution in [0.3, 0.4) is 0 Å². The van der Waals surface area contributed by atoms with Gasteiger partial charge in [-0.05, 0) is 18.6 Å². The lowest BCUT2D eigenvalue weighted by Crippen LogP contribution is -2.25. The SMILES string of the molecule is COc1cc(N)ccc1SCC1CCOCO1. The maximum Gasteiger partial charge on any atom is 0.147 e. The lowest BCUT2D eigenvalue weighted by atomic mass is 10.3. The third kappa shape index (κ3) is 3.52. The van der Waals surface area contributed by atoms with Gasteiger partial charge in [0.25, 0.3) is 0 Å². The number of rotatable bonds is 4. The number of benzene rings is 1. The maximum atomic E-state index is 5.71. The van der Waals surface area contributed by atoms with E-state index in [-0.39, 0.29) is 6.10 Å². The van der Waals surface area contributed by atoms with E-state index >= 15 is 0 Å². The normalized spacial score (nSPS) is 20.2. The summed E-state index contributed by atoms with van der Waals surface area (Å²) in [5.41, 5.74) is 6.43. The fraction of sp³-hybridized carbons (Fsp3) is 0.500. The lowest BCUT2D eigenvalue weighted by Gasteiger charge is -2.22. The molecular weight excluding hydrogens is 238 g/mol. The van der Waals surface area contributed by atoms with Gasteiger partial charge in [0.15, 0.2) is 0 Å². The Kier molecular flexibility index (Phi) is 4.53. The van der Waals surface area contributed by atoms with Crippen LogP contribution in [0.25, 0.3) is 0 Å². The molecule has 1 atom stereocenters. The zero-order valence-corrected chi connectivity index (χ0v) is 10.7. The molecule has 0 saturated carbocycles. The molecule has 1 saturated heterocycles. The van der Waals surface area contributed by atoms with Crippen molar-refractivity contribution in [1.82, 2.24) is 0 Å². The van der Waals surface area contributed by atoms with Gasteiger partial charge in [-0.2, -0.15) is 0 Å². The summed E-state index contributed by atoms with van der Waals surface area (Å²) in [4.78, 5) is 1.09. The number of hydrogen-bond donors (Lipinski definition) is 1. The van der Waals surface area contributed by atoms with Gasteiger partial charge in [-0.15, -0.1) is 11.8 Å². The van der Waals surface area contributed by atoms with Gasteiger partial charge in [0.1, 0.15) is 12.5 Å². The van der Waals surface area contributed by atoms with E-state index < -0.39 is 0 Å². The van der Waals surface area contributed by atoms with E-state index in [1.807, 2.05) is 18.2 Å². The predicted octanol–water partition coefficient (Wildman–Crippen LogP) is 2.13. The quantitative estimate of drug-likeness (QED) is 0.660. The summed E-state index contributed by atoms with van der Waals surface area (Å²) in [6, 6.07) is 5.71. The second kappa shape index (κ2) is 6.14. The Hall–Kier alpha value is -0.910. The molecule has 1 aliphatic rings. The van der Waals surface area contributed by atoms with Gasteiger partial charge in [-0.1, -0.05) is 0 Å². The number of hydrogen-bond acceptors (Lipinski definition) is 5. The van der Waals surface area contributed by atoms with Crippen LogP contribution in [0.4, 0.5) is 5.69 Å². The van der Waals surface area contributed by atoms with Crippen LogP contribution in [0.5, 0.6) is 5.75 Å². The first-order chi connectivity index (χ1) is 8.29. The van der Waals surface area contributed by atoms with Crippen molar-refractivity contribution in [2.45, 2.75) is 17.4 Å². The van der Waals surface area contributed by atoms with Crippen LogP contribution in [0.15, 0.2) is 23.1 Å². The van der Waals surface area contributed by atoms with Crippen molar-refractivity contribution in [2.75, 3.05) is 32.0 Å². The maximum absolute atomic E-state index is 5.71. The first-order valence-electron chi connectivity index (χ1n) is 5.55. The molecule has 0 aromatic heterocycles. The van der Waals surface area contributed by atoms with Crippen LogP contribution < -0.4 is 10.5 Å². The van der Waals surface area contributed by atoms with Gasteiger partial charge in [0.2, 0.25) is 0 Å². The molecule has 1 unspecified atom stereocenters. The Morgan fingerprint density at radius 2 is 2.41 bits per heavy atom. The van der Waals surface area contributed by atoms with Crippen molar-refractivity contribution in [3.05, 3.63) is 18.2 Å². The molecule has 17 heavy (non-hydrogen) atoms. The molecular formula is C12H17NO3S. The zero-order valence-electron chi connectivity index (χ0n) is 9.85. The second-order valence-corrected chi connectivity index (χ2v) is 4.89. The molecule has 0 aliphatic carbocycles. The Balaban J connectivity index is 1.93. The Morgan fingerprint density at radius 3 is 3.12 bits per heavy atom. The van der Waals surface area contributed by atoms with Gasteiger partial charge in [-0.25, -0.2) is 0 Å². The molecule has 0 bridgehead atoms. The molecule has 0 spiro atoms. The molecule has 1 fully saturated rings. The average molecular weight is 255 g/mol. The highest BCUT2D eigenvalue weighted by Crippen LogP contribution is 2.32. The molecule has 2 N–H and O–H groups in total. The van der Waals surface area contributed by atoms with Crippen molar-refractivity contribution in [1.29, 1.82) is 0 Å². The standard InChI is InChI=1S/C12H17NO3S/c1-14-11-6-9(13)2-3-12(11)17-7-10-4-5-15-8-16-10/h2-3,6,10H,4-5,7-8,13H2,1H3. The van der Waals surface area contributed by atoms with Crippen molar-refractivity contribution in [2.24, 2.45) is 0 Å². The topological polar surface area (TPSA) is 53.7 Å². The molecule has 5 heteroatoms. The Bertz CT molecular complexity index is 367. The minimum atomic E-state index is 0.260. The average Bonchev–Trinajstić information content (AvgIpc) is 2.38. The third-order valence-corrected chi connectivity index (χ3v) is 3.77. The summed E-state index contributed by atoms with van der Waals surface area (Å²) in [6.07, 6.45) is 1.21. The molecule has 0 amide bonds. The monoisotopic (exact) mass is 255 g/mol. The summed E-state index contributed by atoms with van der Waals surface area (Å²) >= 11 is 1.73. The minimum Gasteiger partial charge on any atom is -0.496 e. The first-order valence-corrected chi connectivity index (χ1v) is 6.54. The van der Waals surface area contributed by atoms with E-state index in [0.29, 0.717) is 12.5 Å². The summed E-state index contributed by atoms with van der Waals surface area (Å²) in [5, 5.41) is 0. The predicted molar refractivity (Wildman–Crippen MR) is 68.4 cm³/mol. The van der Waals surface area contributed by atoms with Crippen molar-refractivity contribution in [3.63, 3.8) is 0 Å². The molecule has 0 radical (unpaired) electrons. The van der Waals surface area contributed by atoms with Gasteiger partial charge in [-0.3, -0.25) is 0 Å². The van der Waals surface area contributed by atoms with Gasteiger partial charge >= 0.3 is 0 Å². The van der Waals surface area contributed by atoms with Crippen LogP contribution in [-0.4, -0.2) is 32.4 Å². The number of nitrogen functional groups attached to an aromatic ring is 1. The second-order valence-electron chi connectivity index (χ2n) is 3.82. The fourth-order valence-electron chi connectivity index (χ4n) is 1.62. The molecule has 1 aromatic carbocycles. The van der Waals surface area contributed by atoms with E-state index in [2.05, 4.69) is 0 Å². The van der Waals surface area contributed by atoms with Crippen LogP contribution in [0.2, 0.25) is 0 Å². The van der Waals surface area contributed by atoms with Gasteiger partial charge in [0.05, 0.1) is 19.8 Å². The number of thioether (sulfide) groups is 1. The molecule has 1 aromatic rings. The highest BCUT2D eigenvalue weighted by molar-refractivity contribution is 7.99. The van der Waals surface area contributed by atoms with Crippen LogP contribution in [0.1, 0.15) is 6.42 Å². The largest absolute Gasteiger partial charge is 0.496 e. The van der Waals surface area contributed by atoms with E-state index in [1.165, 1.54) is 0 Å². The Labute approximate surface area is 105 Å². The lowest BCUT2D eigenvalue weighted by molar-refractivity contribution is -0.130. The van der Waals surface area contributed by atoms with Crippen molar-refractivity contribution >= 4 is 17.4 Å². The molecule has 1 aliphatic heterocycles. The van der Waals surface area contributed by atoms with Crippen molar-refractivity contribution in [3.8, 4) is 5.75 Å².